The van der Waals surface area contributed by atoms with Gasteiger partial charge in [-0.25, -0.2) is 0 Å². The first-order chi connectivity index (χ1) is 9.09. The van der Waals surface area contributed by atoms with Gasteiger partial charge in [0.1, 0.15) is 0 Å². The molecule has 1 atom stereocenters. The van der Waals surface area contributed by atoms with Gasteiger partial charge in [-0.05, 0) is 19.1 Å². The van der Waals surface area contributed by atoms with Crippen molar-refractivity contribution in [3.05, 3.63) is 42.1 Å². The Morgan fingerprint density at radius 1 is 1.32 bits per heavy atom. The summed E-state index contributed by atoms with van der Waals surface area (Å²) in [5.74, 6) is -0.301. The third-order valence-corrected chi connectivity index (χ3v) is 3.36. The number of rotatable bonds is 4. The largest absolute Gasteiger partial charge is 0.469 e. The minimum Gasteiger partial charge on any atom is -0.469 e. The number of carbonyl (C=O) groups excluding carboxylic acids is 1. The van der Waals surface area contributed by atoms with E-state index in [-0.39, 0.29) is 12.5 Å². The molecule has 4 nitrogen and oxygen atoms in total. The minimum atomic E-state index is -0.732. The maximum absolute atomic E-state index is 11.8. The number of nitrogens with two attached hydrogens (primary N) is 1. The van der Waals surface area contributed by atoms with E-state index < -0.39 is 5.41 Å². The van der Waals surface area contributed by atoms with Gasteiger partial charge in [0, 0.05) is 24.0 Å². The zero-order valence-corrected chi connectivity index (χ0v) is 11.2. The highest BCUT2D eigenvalue weighted by atomic mass is 16.5. The third kappa shape index (κ3) is 2.74. The third-order valence-electron chi connectivity index (χ3n) is 3.36. The second-order valence-corrected chi connectivity index (χ2v) is 4.93. The van der Waals surface area contributed by atoms with Crippen LogP contribution in [-0.2, 0) is 16.0 Å². The van der Waals surface area contributed by atoms with Crippen LogP contribution >= 0.6 is 0 Å². The maximum atomic E-state index is 11.8. The first-order valence-electron chi connectivity index (χ1n) is 6.22. The number of methoxy groups -OCH3 is 1. The summed E-state index contributed by atoms with van der Waals surface area (Å²) in [5, 5.41) is 1.08. The summed E-state index contributed by atoms with van der Waals surface area (Å²) in [7, 11) is 1.38. The van der Waals surface area contributed by atoms with Gasteiger partial charge in [0.2, 0.25) is 0 Å². The Balaban J connectivity index is 2.32. The molecule has 0 saturated carbocycles. The average Bonchev–Trinajstić information content (AvgIpc) is 2.46. The number of hydrogen-bond donors (Lipinski definition) is 1. The summed E-state index contributed by atoms with van der Waals surface area (Å²) in [4.78, 5) is 16.4. The van der Waals surface area contributed by atoms with Gasteiger partial charge in [-0.2, -0.15) is 0 Å². The van der Waals surface area contributed by atoms with Crippen molar-refractivity contribution < 1.29 is 9.53 Å². The second-order valence-electron chi connectivity index (χ2n) is 4.93. The first-order valence-corrected chi connectivity index (χ1v) is 6.22. The fraction of sp³-hybridized carbons (Fsp3) is 0.333. The van der Waals surface area contributed by atoms with E-state index >= 15 is 0 Å². The van der Waals surface area contributed by atoms with Gasteiger partial charge < -0.3 is 10.5 Å². The number of carbonyl (C=O) groups is 1. The number of nitrogens with zero attached hydrogens (tertiary/aromatic N) is 1. The van der Waals surface area contributed by atoms with E-state index in [1.165, 1.54) is 7.11 Å². The van der Waals surface area contributed by atoms with Crippen LogP contribution in [0.3, 0.4) is 0 Å². The van der Waals surface area contributed by atoms with Crippen molar-refractivity contribution in [1.82, 2.24) is 4.98 Å². The van der Waals surface area contributed by atoms with E-state index in [1.807, 2.05) is 36.4 Å². The zero-order valence-electron chi connectivity index (χ0n) is 11.2. The number of benzene rings is 1. The molecule has 1 unspecified atom stereocenters. The smallest absolute Gasteiger partial charge is 0.313 e. The average molecular weight is 258 g/mol. The van der Waals surface area contributed by atoms with Gasteiger partial charge in [-0.3, -0.25) is 9.78 Å². The molecule has 2 N–H and O–H groups in total. The monoisotopic (exact) mass is 258 g/mol. The molecule has 1 heterocycles. The van der Waals surface area contributed by atoms with Crippen LogP contribution in [0.2, 0.25) is 0 Å². The van der Waals surface area contributed by atoms with Crippen LogP contribution in [0.15, 0.2) is 36.4 Å². The highest BCUT2D eigenvalue weighted by Crippen LogP contribution is 2.23. The lowest BCUT2D eigenvalue weighted by Crippen LogP contribution is -2.38. The zero-order chi connectivity index (χ0) is 13.9. The van der Waals surface area contributed by atoms with Crippen LogP contribution in [0.25, 0.3) is 10.9 Å². The molecule has 2 rings (SSSR count). The molecule has 0 saturated heterocycles. The molecule has 0 aliphatic carbocycles. The Hall–Kier alpha value is -1.94. The Labute approximate surface area is 112 Å². The van der Waals surface area contributed by atoms with Gasteiger partial charge >= 0.3 is 5.97 Å². The molecule has 2 aromatic rings. The van der Waals surface area contributed by atoms with Crippen LogP contribution in [0.4, 0.5) is 0 Å². The predicted octanol–water partition coefficient (Wildman–Crippen LogP) is 1.92. The molecule has 1 aromatic carbocycles. The first kappa shape index (κ1) is 13.5. The Kier molecular flexibility index (Phi) is 3.81. The normalized spacial score (nSPS) is 14.1. The Bertz CT molecular complexity index is 597. The summed E-state index contributed by atoms with van der Waals surface area (Å²) in [5.41, 5.74) is 6.75. The minimum absolute atomic E-state index is 0.230. The van der Waals surface area contributed by atoms with Crippen molar-refractivity contribution in [1.29, 1.82) is 0 Å². The van der Waals surface area contributed by atoms with Crippen molar-refractivity contribution >= 4 is 16.9 Å². The van der Waals surface area contributed by atoms with Crippen molar-refractivity contribution in [3.8, 4) is 0 Å². The van der Waals surface area contributed by atoms with Gasteiger partial charge in [0.15, 0.2) is 0 Å². The molecule has 0 fully saturated rings. The van der Waals surface area contributed by atoms with Crippen LogP contribution in [0, 0.1) is 5.41 Å². The van der Waals surface area contributed by atoms with E-state index in [0.717, 1.165) is 16.6 Å². The van der Waals surface area contributed by atoms with E-state index in [4.69, 9.17) is 10.5 Å². The number of aromatic nitrogens is 1. The van der Waals surface area contributed by atoms with Crippen molar-refractivity contribution in [2.24, 2.45) is 11.1 Å². The number of hydrogen-bond acceptors (Lipinski definition) is 4. The van der Waals surface area contributed by atoms with E-state index in [0.29, 0.717) is 6.42 Å². The highest BCUT2D eigenvalue weighted by molar-refractivity contribution is 5.79. The molecule has 0 bridgehead atoms. The molecular weight excluding hydrogens is 240 g/mol. The predicted molar refractivity (Wildman–Crippen MR) is 74.6 cm³/mol. The van der Waals surface area contributed by atoms with E-state index in [1.54, 1.807) is 6.92 Å². The molecular formula is C15H18N2O2. The fourth-order valence-corrected chi connectivity index (χ4v) is 2.08. The Morgan fingerprint density at radius 2 is 2.05 bits per heavy atom. The van der Waals surface area contributed by atoms with Crippen LogP contribution < -0.4 is 5.73 Å². The van der Waals surface area contributed by atoms with Crippen molar-refractivity contribution in [2.45, 2.75) is 13.3 Å². The summed E-state index contributed by atoms with van der Waals surface area (Å²) < 4.78 is 4.82. The lowest BCUT2D eigenvalue weighted by atomic mass is 9.85. The SMILES string of the molecule is COC(=O)C(C)(CN)Cc1ccc2ccccc2n1. The van der Waals surface area contributed by atoms with Crippen molar-refractivity contribution in [2.75, 3.05) is 13.7 Å². The molecule has 0 spiro atoms. The Morgan fingerprint density at radius 3 is 2.74 bits per heavy atom. The van der Waals surface area contributed by atoms with Crippen molar-refractivity contribution in [3.63, 3.8) is 0 Å². The maximum Gasteiger partial charge on any atom is 0.313 e. The van der Waals surface area contributed by atoms with Gasteiger partial charge in [0.25, 0.3) is 0 Å². The molecule has 0 radical (unpaired) electrons. The summed E-state index contributed by atoms with van der Waals surface area (Å²) in [6, 6.07) is 11.8. The number of pyridine rings is 1. The van der Waals surface area contributed by atoms with Gasteiger partial charge in [0.05, 0.1) is 18.0 Å². The van der Waals surface area contributed by atoms with E-state index in [9.17, 15) is 4.79 Å². The number of para-hydroxylation sites is 1. The highest BCUT2D eigenvalue weighted by Gasteiger charge is 2.33. The topological polar surface area (TPSA) is 65.2 Å². The number of ether oxygens (including phenoxy) is 1. The summed E-state index contributed by atoms with van der Waals surface area (Å²) >= 11 is 0. The fourth-order valence-electron chi connectivity index (χ4n) is 2.08. The second kappa shape index (κ2) is 5.36. The van der Waals surface area contributed by atoms with Gasteiger partial charge in [-0.15, -0.1) is 0 Å². The van der Waals surface area contributed by atoms with Crippen LogP contribution in [0.1, 0.15) is 12.6 Å². The molecule has 19 heavy (non-hydrogen) atoms. The quantitative estimate of drug-likeness (QED) is 0.851. The van der Waals surface area contributed by atoms with Gasteiger partial charge in [-0.1, -0.05) is 24.3 Å². The number of fused-ring (bicyclic) bond motifs is 1. The summed E-state index contributed by atoms with van der Waals surface area (Å²) in [6.45, 7) is 2.03. The van der Waals surface area contributed by atoms with Crippen LogP contribution in [-0.4, -0.2) is 24.6 Å². The standard InChI is InChI=1S/C15H18N2O2/c1-15(10-16,14(18)19-2)9-12-8-7-11-5-3-4-6-13(11)17-12/h3-8H,9-10,16H2,1-2H3. The molecule has 4 heteroatoms. The molecule has 1 aromatic heterocycles. The lowest BCUT2D eigenvalue weighted by Gasteiger charge is -2.24. The summed E-state index contributed by atoms with van der Waals surface area (Å²) in [6.07, 6.45) is 0.473. The molecule has 0 amide bonds. The van der Waals surface area contributed by atoms with E-state index in [2.05, 4.69) is 4.98 Å². The molecule has 100 valence electrons. The lowest BCUT2D eigenvalue weighted by molar-refractivity contribution is -0.151. The van der Waals surface area contributed by atoms with Crippen LogP contribution in [0.5, 0.6) is 0 Å². The molecule has 0 aliphatic heterocycles. The molecule has 0 aliphatic rings. The number of esters is 1.